The second-order valence-electron chi connectivity index (χ2n) is 3.92. The minimum atomic E-state index is -3.16. The summed E-state index contributed by atoms with van der Waals surface area (Å²) in [7, 11) is -3.16. The molecule has 1 aliphatic rings. The lowest BCUT2D eigenvalue weighted by molar-refractivity contribution is 0.339. The third-order valence-corrected chi connectivity index (χ3v) is 4.87. The number of fused-ring (bicyclic) bond motifs is 3. The number of aliphatic hydroxyl groups excluding tert-OH is 1. The molecule has 1 aliphatic heterocycles. The van der Waals surface area contributed by atoms with Crippen LogP contribution in [0.3, 0.4) is 0 Å². The highest BCUT2D eigenvalue weighted by Crippen LogP contribution is 2.53. The van der Waals surface area contributed by atoms with Crippen LogP contribution in [0.15, 0.2) is 48.5 Å². The van der Waals surface area contributed by atoms with Crippen molar-refractivity contribution < 1.29 is 14.2 Å². The second-order valence-corrected chi connectivity index (χ2v) is 6.21. The first kappa shape index (κ1) is 10.6. The fourth-order valence-corrected chi connectivity index (χ4v) is 3.74. The van der Waals surface area contributed by atoms with Crippen molar-refractivity contribution in [2.45, 2.75) is 0 Å². The van der Waals surface area contributed by atoms with Crippen molar-refractivity contribution in [1.82, 2.24) is 0 Å². The maximum Gasteiger partial charge on any atom is 0.302 e. The molecule has 2 aromatic rings. The van der Waals surface area contributed by atoms with Crippen molar-refractivity contribution in [3.63, 3.8) is 0 Å². The van der Waals surface area contributed by atoms with Crippen molar-refractivity contribution in [2.75, 3.05) is 6.35 Å². The van der Waals surface area contributed by atoms with Gasteiger partial charge in [-0.2, -0.15) is 0 Å². The van der Waals surface area contributed by atoms with E-state index in [1.54, 1.807) is 18.2 Å². The van der Waals surface area contributed by atoms with Gasteiger partial charge in [0.25, 0.3) is 0 Å². The Balaban J connectivity index is 2.34. The number of rotatable bonds is 1. The van der Waals surface area contributed by atoms with Crippen LogP contribution in [0, 0.1) is 0 Å². The predicted molar refractivity (Wildman–Crippen MR) is 66.8 cm³/mol. The Hall–Kier alpha value is -1.57. The van der Waals surface area contributed by atoms with Crippen LogP contribution in [0.4, 0.5) is 0 Å². The zero-order valence-corrected chi connectivity index (χ0v) is 9.93. The molecule has 0 bridgehead atoms. The summed E-state index contributed by atoms with van der Waals surface area (Å²) in [5.74, 6) is 0.573. The largest absolute Gasteiger partial charge is 0.438 e. The highest BCUT2D eigenvalue weighted by Gasteiger charge is 2.34. The van der Waals surface area contributed by atoms with Crippen LogP contribution in [-0.4, -0.2) is 11.5 Å². The standard InChI is InChI=1S/C13H11O3P/c14-9-17(15)13-8-4-2-6-11(13)10-5-1-3-7-12(10)16-17/h1-8,14H,9H2/t17-/m1/s1. The molecule has 17 heavy (non-hydrogen) atoms. The molecule has 1 heterocycles. The van der Waals surface area contributed by atoms with Crippen LogP contribution >= 0.6 is 7.37 Å². The minimum absolute atomic E-state index is 0.474. The van der Waals surface area contributed by atoms with E-state index < -0.39 is 13.7 Å². The van der Waals surface area contributed by atoms with Gasteiger partial charge in [-0.05, 0) is 17.7 Å². The van der Waals surface area contributed by atoms with Gasteiger partial charge >= 0.3 is 7.37 Å². The van der Waals surface area contributed by atoms with E-state index >= 15 is 0 Å². The quantitative estimate of drug-likeness (QED) is 0.787. The molecule has 0 spiro atoms. The Labute approximate surface area is 99.1 Å². The first-order chi connectivity index (χ1) is 8.24. The normalized spacial score (nSPS) is 21.2. The molecule has 0 fully saturated rings. The van der Waals surface area contributed by atoms with E-state index in [4.69, 9.17) is 4.52 Å². The molecule has 0 saturated heterocycles. The van der Waals surface area contributed by atoms with Gasteiger partial charge < -0.3 is 9.63 Å². The minimum Gasteiger partial charge on any atom is -0.438 e. The fraction of sp³-hybridized carbons (Fsp3) is 0.0769. The van der Waals surface area contributed by atoms with E-state index in [2.05, 4.69) is 0 Å². The molecule has 0 saturated carbocycles. The van der Waals surface area contributed by atoms with Crippen molar-refractivity contribution in [3.8, 4) is 16.9 Å². The van der Waals surface area contributed by atoms with Gasteiger partial charge in [0.1, 0.15) is 12.1 Å². The monoisotopic (exact) mass is 246 g/mol. The molecule has 0 aromatic heterocycles. The van der Waals surface area contributed by atoms with Gasteiger partial charge in [-0.3, -0.25) is 4.57 Å². The molecule has 0 radical (unpaired) electrons. The van der Waals surface area contributed by atoms with Gasteiger partial charge in [-0.1, -0.05) is 36.4 Å². The third kappa shape index (κ3) is 1.51. The first-order valence-corrected chi connectivity index (χ1v) is 7.14. The molecule has 3 nitrogen and oxygen atoms in total. The molecule has 1 atom stereocenters. The number of hydrogen-bond donors (Lipinski definition) is 1. The van der Waals surface area contributed by atoms with Crippen molar-refractivity contribution in [3.05, 3.63) is 48.5 Å². The summed E-state index contributed by atoms with van der Waals surface area (Å²) in [5, 5.41) is 9.93. The zero-order chi connectivity index (χ0) is 11.9. The molecule has 0 amide bonds. The van der Waals surface area contributed by atoms with Crippen molar-refractivity contribution >= 4 is 12.7 Å². The van der Waals surface area contributed by atoms with Crippen LogP contribution in [-0.2, 0) is 4.57 Å². The van der Waals surface area contributed by atoms with Crippen LogP contribution in [0.2, 0.25) is 0 Å². The average molecular weight is 246 g/mol. The van der Waals surface area contributed by atoms with E-state index in [1.165, 1.54) is 0 Å². The Morgan fingerprint density at radius 3 is 2.41 bits per heavy atom. The van der Waals surface area contributed by atoms with E-state index in [1.807, 2.05) is 30.3 Å². The van der Waals surface area contributed by atoms with Crippen LogP contribution in [0.1, 0.15) is 0 Å². The van der Waals surface area contributed by atoms with Gasteiger partial charge in [0, 0.05) is 5.56 Å². The summed E-state index contributed by atoms with van der Waals surface area (Å²) in [6, 6.07) is 14.8. The Morgan fingerprint density at radius 1 is 1.00 bits per heavy atom. The lowest BCUT2D eigenvalue weighted by Crippen LogP contribution is -2.19. The molecule has 2 aromatic carbocycles. The average Bonchev–Trinajstić information content (AvgIpc) is 2.39. The topological polar surface area (TPSA) is 46.5 Å². The lowest BCUT2D eigenvalue weighted by atomic mass is 10.0. The van der Waals surface area contributed by atoms with E-state index in [-0.39, 0.29) is 0 Å². The smallest absolute Gasteiger partial charge is 0.302 e. The summed E-state index contributed by atoms with van der Waals surface area (Å²) < 4.78 is 18.0. The Bertz CT molecular complexity index is 622. The van der Waals surface area contributed by atoms with Gasteiger partial charge in [-0.15, -0.1) is 0 Å². The van der Waals surface area contributed by atoms with Crippen LogP contribution < -0.4 is 9.83 Å². The van der Waals surface area contributed by atoms with Crippen molar-refractivity contribution in [2.24, 2.45) is 0 Å². The molecule has 86 valence electrons. The molecule has 1 N–H and O–H groups in total. The van der Waals surface area contributed by atoms with E-state index in [0.717, 1.165) is 11.1 Å². The van der Waals surface area contributed by atoms with Crippen molar-refractivity contribution in [1.29, 1.82) is 0 Å². The number of benzene rings is 2. The highest BCUT2D eigenvalue weighted by atomic mass is 31.2. The predicted octanol–water partition coefficient (Wildman–Crippen LogP) is 2.60. The summed E-state index contributed by atoms with van der Waals surface area (Å²) in [5.41, 5.74) is 1.80. The van der Waals surface area contributed by atoms with Crippen LogP contribution in [0.5, 0.6) is 5.75 Å². The van der Waals surface area contributed by atoms with E-state index in [9.17, 15) is 9.67 Å². The van der Waals surface area contributed by atoms with Gasteiger partial charge in [0.05, 0.1) is 5.30 Å². The molecule has 0 aliphatic carbocycles. The fourth-order valence-electron chi connectivity index (χ4n) is 2.08. The molecular formula is C13H11O3P. The summed E-state index contributed by atoms with van der Waals surface area (Å²) in [6.07, 6.45) is -0.474. The SMILES string of the molecule is O=[P@]1(CO)Oc2ccccc2-c2ccccc21. The highest BCUT2D eigenvalue weighted by molar-refractivity contribution is 7.67. The molecular weight excluding hydrogens is 235 g/mol. The maximum absolute atomic E-state index is 12.5. The molecule has 0 unspecified atom stereocenters. The van der Waals surface area contributed by atoms with Gasteiger partial charge in [0.15, 0.2) is 0 Å². The number of para-hydroxylation sites is 1. The molecule has 4 heteroatoms. The van der Waals surface area contributed by atoms with E-state index in [0.29, 0.717) is 11.1 Å². The number of aliphatic hydroxyl groups is 1. The maximum atomic E-state index is 12.5. The van der Waals surface area contributed by atoms with Gasteiger partial charge in [0.2, 0.25) is 0 Å². The zero-order valence-electron chi connectivity index (χ0n) is 9.04. The van der Waals surface area contributed by atoms with Crippen LogP contribution in [0.25, 0.3) is 11.1 Å². The van der Waals surface area contributed by atoms with Gasteiger partial charge in [-0.25, -0.2) is 0 Å². The summed E-state index contributed by atoms with van der Waals surface area (Å²) in [6.45, 7) is 0. The summed E-state index contributed by atoms with van der Waals surface area (Å²) >= 11 is 0. The first-order valence-electron chi connectivity index (χ1n) is 5.33. The Morgan fingerprint density at radius 2 is 1.65 bits per heavy atom. The second kappa shape index (κ2) is 3.73. The third-order valence-electron chi connectivity index (χ3n) is 2.88. The Kier molecular flexibility index (Phi) is 2.32. The lowest BCUT2D eigenvalue weighted by Gasteiger charge is -2.27. The number of hydrogen-bond acceptors (Lipinski definition) is 3. The molecule has 3 rings (SSSR count). The summed E-state index contributed by atoms with van der Waals surface area (Å²) in [4.78, 5) is 0.